The number of benzene rings is 2. The van der Waals surface area contributed by atoms with E-state index in [1.54, 1.807) is 0 Å². The van der Waals surface area contributed by atoms with Crippen molar-refractivity contribution in [1.29, 1.82) is 0 Å². The number of hydrogen-bond donors (Lipinski definition) is 0. The molecule has 0 N–H and O–H groups in total. The van der Waals surface area contributed by atoms with Gasteiger partial charge in [0.1, 0.15) is 12.1 Å². The summed E-state index contributed by atoms with van der Waals surface area (Å²) in [5.74, 6) is 1.46. The summed E-state index contributed by atoms with van der Waals surface area (Å²) < 4.78 is 5.94. The SMILES string of the molecule is Cc1cccc2c(Oc3ccc4c(c3)CCC4=O)ncnc12. The van der Waals surface area contributed by atoms with Gasteiger partial charge in [0.15, 0.2) is 5.78 Å². The number of ether oxygens (including phenoxy) is 1. The lowest BCUT2D eigenvalue weighted by Crippen LogP contribution is -1.94. The van der Waals surface area contributed by atoms with E-state index in [-0.39, 0.29) is 5.78 Å². The highest BCUT2D eigenvalue weighted by Gasteiger charge is 2.20. The van der Waals surface area contributed by atoms with Crippen LogP contribution in [0.4, 0.5) is 0 Å². The fourth-order valence-corrected chi connectivity index (χ4v) is 2.90. The van der Waals surface area contributed by atoms with Crippen LogP contribution in [0.1, 0.15) is 27.9 Å². The van der Waals surface area contributed by atoms with E-state index < -0.39 is 0 Å². The summed E-state index contributed by atoms with van der Waals surface area (Å²) in [4.78, 5) is 20.3. The summed E-state index contributed by atoms with van der Waals surface area (Å²) in [6, 6.07) is 11.5. The standard InChI is InChI=1S/C18H14N2O2/c1-11-3-2-4-15-17(11)19-10-20-18(15)22-13-6-7-14-12(9-13)5-8-16(14)21/h2-4,6-7,9-10H,5,8H2,1H3. The van der Waals surface area contributed by atoms with Crippen LogP contribution in [0.25, 0.3) is 10.9 Å². The number of carbonyl (C=O) groups is 1. The average Bonchev–Trinajstić information content (AvgIpc) is 2.89. The van der Waals surface area contributed by atoms with E-state index in [9.17, 15) is 4.79 Å². The molecule has 0 radical (unpaired) electrons. The number of Topliss-reactive ketones (excluding diaryl/α,β-unsaturated/α-hetero) is 1. The van der Waals surface area contributed by atoms with E-state index in [0.29, 0.717) is 18.1 Å². The number of para-hydroxylation sites is 1. The van der Waals surface area contributed by atoms with E-state index in [2.05, 4.69) is 9.97 Å². The van der Waals surface area contributed by atoms with Crippen LogP contribution in [-0.2, 0) is 6.42 Å². The number of ketones is 1. The second kappa shape index (κ2) is 4.91. The molecule has 0 unspecified atom stereocenters. The van der Waals surface area contributed by atoms with Gasteiger partial charge in [-0.15, -0.1) is 0 Å². The molecule has 4 nitrogen and oxygen atoms in total. The smallest absolute Gasteiger partial charge is 0.230 e. The topological polar surface area (TPSA) is 52.1 Å². The van der Waals surface area contributed by atoms with Crippen LogP contribution >= 0.6 is 0 Å². The molecule has 1 heterocycles. The molecule has 0 amide bonds. The predicted octanol–water partition coefficient (Wildman–Crippen LogP) is 3.86. The maximum Gasteiger partial charge on any atom is 0.230 e. The fourth-order valence-electron chi connectivity index (χ4n) is 2.90. The van der Waals surface area contributed by atoms with Crippen molar-refractivity contribution in [2.45, 2.75) is 19.8 Å². The molecule has 108 valence electrons. The highest BCUT2D eigenvalue weighted by atomic mass is 16.5. The molecular weight excluding hydrogens is 276 g/mol. The molecule has 4 rings (SSSR count). The summed E-state index contributed by atoms with van der Waals surface area (Å²) in [5.41, 5.74) is 3.85. The molecule has 4 heteroatoms. The Morgan fingerprint density at radius 3 is 2.91 bits per heavy atom. The third kappa shape index (κ3) is 2.04. The molecule has 1 aliphatic rings. The van der Waals surface area contributed by atoms with Gasteiger partial charge in [-0.05, 0) is 48.7 Å². The molecule has 0 spiro atoms. The van der Waals surface area contributed by atoms with Gasteiger partial charge in [-0.2, -0.15) is 0 Å². The van der Waals surface area contributed by atoms with E-state index in [1.807, 2.05) is 43.3 Å². The van der Waals surface area contributed by atoms with E-state index >= 15 is 0 Å². The van der Waals surface area contributed by atoms with Crippen molar-refractivity contribution in [2.75, 3.05) is 0 Å². The van der Waals surface area contributed by atoms with Gasteiger partial charge in [0.2, 0.25) is 5.88 Å². The largest absolute Gasteiger partial charge is 0.438 e. The lowest BCUT2D eigenvalue weighted by molar-refractivity contribution is 0.0994. The summed E-state index contributed by atoms with van der Waals surface area (Å²) >= 11 is 0. The lowest BCUT2D eigenvalue weighted by Gasteiger charge is -2.09. The lowest BCUT2D eigenvalue weighted by atomic mass is 10.1. The molecular formula is C18H14N2O2. The van der Waals surface area contributed by atoms with E-state index in [0.717, 1.165) is 34.0 Å². The first-order valence-electron chi connectivity index (χ1n) is 7.27. The Bertz CT molecular complexity index is 903. The van der Waals surface area contributed by atoms with E-state index in [1.165, 1.54) is 6.33 Å². The summed E-state index contributed by atoms with van der Waals surface area (Å²) in [6.07, 6.45) is 2.89. The van der Waals surface area contributed by atoms with Crippen molar-refractivity contribution in [3.63, 3.8) is 0 Å². The maximum absolute atomic E-state index is 11.7. The zero-order valence-corrected chi connectivity index (χ0v) is 12.2. The zero-order chi connectivity index (χ0) is 15.1. The van der Waals surface area contributed by atoms with Gasteiger partial charge in [-0.3, -0.25) is 4.79 Å². The molecule has 0 saturated carbocycles. The Morgan fingerprint density at radius 1 is 1.09 bits per heavy atom. The highest BCUT2D eigenvalue weighted by molar-refractivity contribution is 6.00. The molecule has 22 heavy (non-hydrogen) atoms. The quantitative estimate of drug-likeness (QED) is 0.719. The van der Waals surface area contributed by atoms with Crippen molar-refractivity contribution in [1.82, 2.24) is 9.97 Å². The van der Waals surface area contributed by atoms with Gasteiger partial charge in [0.25, 0.3) is 0 Å². The maximum atomic E-state index is 11.7. The third-order valence-electron chi connectivity index (χ3n) is 4.04. The minimum absolute atomic E-state index is 0.213. The van der Waals surface area contributed by atoms with Crippen LogP contribution in [0.15, 0.2) is 42.7 Å². The number of rotatable bonds is 2. The highest BCUT2D eigenvalue weighted by Crippen LogP contribution is 2.31. The van der Waals surface area contributed by atoms with Crippen LogP contribution in [0.5, 0.6) is 11.6 Å². The molecule has 0 saturated heterocycles. The van der Waals surface area contributed by atoms with Crippen molar-refractivity contribution in [3.8, 4) is 11.6 Å². The van der Waals surface area contributed by atoms with E-state index in [4.69, 9.17) is 4.74 Å². The molecule has 3 aromatic rings. The van der Waals surface area contributed by atoms with Gasteiger partial charge >= 0.3 is 0 Å². The number of aryl methyl sites for hydroxylation is 2. The van der Waals surface area contributed by atoms with Crippen molar-refractivity contribution < 1.29 is 9.53 Å². The van der Waals surface area contributed by atoms with Crippen molar-refractivity contribution in [2.24, 2.45) is 0 Å². The minimum atomic E-state index is 0.213. The van der Waals surface area contributed by atoms with Gasteiger partial charge in [0.05, 0.1) is 10.9 Å². The normalized spacial score (nSPS) is 13.4. The van der Waals surface area contributed by atoms with Crippen LogP contribution in [0, 0.1) is 6.92 Å². The van der Waals surface area contributed by atoms with Crippen molar-refractivity contribution in [3.05, 3.63) is 59.4 Å². The van der Waals surface area contributed by atoms with Crippen molar-refractivity contribution >= 4 is 16.7 Å². The predicted molar refractivity (Wildman–Crippen MR) is 83.4 cm³/mol. The van der Waals surface area contributed by atoms with Gasteiger partial charge in [-0.25, -0.2) is 9.97 Å². The second-order valence-electron chi connectivity index (χ2n) is 5.49. The fraction of sp³-hybridized carbons (Fsp3) is 0.167. The molecule has 2 aromatic carbocycles. The van der Waals surface area contributed by atoms with Crippen LogP contribution < -0.4 is 4.74 Å². The molecule has 0 bridgehead atoms. The first-order valence-corrected chi connectivity index (χ1v) is 7.27. The van der Waals surface area contributed by atoms with Crippen LogP contribution in [-0.4, -0.2) is 15.8 Å². The van der Waals surface area contributed by atoms with Crippen LogP contribution in [0.3, 0.4) is 0 Å². The molecule has 0 aliphatic heterocycles. The number of fused-ring (bicyclic) bond motifs is 2. The first-order chi connectivity index (χ1) is 10.7. The average molecular weight is 290 g/mol. The number of aromatic nitrogens is 2. The summed E-state index contributed by atoms with van der Waals surface area (Å²) in [6.45, 7) is 2.01. The van der Waals surface area contributed by atoms with Gasteiger partial charge < -0.3 is 4.74 Å². The monoisotopic (exact) mass is 290 g/mol. The Labute approximate surface area is 127 Å². The number of hydrogen-bond acceptors (Lipinski definition) is 4. The second-order valence-corrected chi connectivity index (χ2v) is 5.49. The number of nitrogens with zero attached hydrogens (tertiary/aromatic N) is 2. The Hall–Kier alpha value is -2.75. The van der Waals surface area contributed by atoms with Gasteiger partial charge in [-0.1, -0.05) is 12.1 Å². The zero-order valence-electron chi connectivity index (χ0n) is 12.2. The molecule has 0 atom stereocenters. The third-order valence-corrected chi connectivity index (χ3v) is 4.04. The minimum Gasteiger partial charge on any atom is -0.438 e. The molecule has 1 aromatic heterocycles. The van der Waals surface area contributed by atoms with Gasteiger partial charge in [0, 0.05) is 12.0 Å². The Morgan fingerprint density at radius 2 is 2.00 bits per heavy atom. The first kappa shape index (κ1) is 13.0. The molecule has 1 aliphatic carbocycles. The Balaban J connectivity index is 1.76. The Kier molecular flexibility index (Phi) is 2.89. The summed E-state index contributed by atoms with van der Waals surface area (Å²) in [7, 11) is 0. The summed E-state index contributed by atoms with van der Waals surface area (Å²) in [5, 5.41) is 0.888. The molecule has 0 fully saturated rings. The number of carbonyl (C=O) groups excluding carboxylic acids is 1. The van der Waals surface area contributed by atoms with Crippen LogP contribution in [0.2, 0.25) is 0 Å².